The van der Waals surface area contributed by atoms with Crippen LogP contribution in [0.15, 0.2) is 34.9 Å². The SMILES string of the molecule is COc1cc(C=O)cc2sc(N3CCN(Cc4c(-c5c(Cl)cccc5Cl)noc4C(C)C)C(C)(C)C3)nc12. The summed E-state index contributed by atoms with van der Waals surface area (Å²) in [6.45, 7) is 11.7. The summed E-state index contributed by atoms with van der Waals surface area (Å²) in [4.78, 5) is 21.0. The number of carbonyl (C=O) groups is 1. The van der Waals surface area contributed by atoms with E-state index in [9.17, 15) is 4.79 Å². The van der Waals surface area contributed by atoms with Gasteiger partial charge >= 0.3 is 0 Å². The van der Waals surface area contributed by atoms with Crippen molar-refractivity contribution in [2.75, 3.05) is 31.6 Å². The molecule has 0 saturated carbocycles. The summed E-state index contributed by atoms with van der Waals surface area (Å²) in [5, 5.41) is 6.46. The van der Waals surface area contributed by atoms with Crippen LogP contribution in [0.4, 0.5) is 5.13 Å². The normalized spacial score (nSPS) is 15.9. The van der Waals surface area contributed by atoms with Gasteiger partial charge in [0.1, 0.15) is 29.0 Å². The number of fused-ring (bicyclic) bond motifs is 1. The zero-order chi connectivity index (χ0) is 27.2. The van der Waals surface area contributed by atoms with Crippen molar-refractivity contribution in [3.8, 4) is 17.0 Å². The molecule has 2 aromatic heterocycles. The van der Waals surface area contributed by atoms with Gasteiger partial charge in [0, 0.05) is 54.3 Å². The van der Waals surface area contributed by atoms with E-state index in [2.05, 4.69) is 42.7 Å². The highest BCUT2D eigenvalue weighted by Crippen LogP contribution is 2.41. The van der Waals surface area contributed by atoms with Crippen LogP contribution >= 0.6 is 34.5 Å². The molecule has 4 aromatic rings. The van der Waals surface area contributed by atoms with Crippen LogP contribution < -0.4 is 9.64 Å². The van der Waals surface area contributed by atoms with Crippen LogP contribution in [0.5, 0.6) is 5.75 Å². The van der Waals surface area contributed by atoms with E-state index in [1.54, 1.807) is 24.5 Å². The number of hydrogen-bond donors (Lipinski definition) is 0. The van der Waals surface area contributed by atoms with Crippen LogP contribution in [0.2, 0.25) is 10.0 Å². The second-order valence-electron chi connectivity index (χ2n) is 10.5. The van der Waals surface area contributed by atoms with Crippen LogP contribution in [-0.4, -0.2) is 53.6 Å². The number of halogens is 2. The van der Waals surface area contributed by atoms with Gasteiger partial charge in [-0.15, -0.1) is 0 Å². The fourth-order valence-corrected chi connectivity index (χ4v) is 6.69. The van der Waals surface area contributed by atoms with Crippen LogP contribution in [-0.2, 0) is 6.54 Å². The highest BCUT2D eigenvalue weighted by atomic mass is 35.5. The molecule has 1 fully saturated rings. The molecule has 0 spiro atoms. The third-order valence-electron chi connectivity index (χ3n) is 7.06. The van der Waals surface area contributed by atoms with E-state index in [-0.39, 0.29) is 11.5 Å². The van der Waals surface area contributed by atoms with Crippen molar-refractivity contribution in [2.45, 2.75) is 45.7 Å². The lowest BCUT2D eigenvalue weighted by Gasteiger charge is -2.47. The first-order valence-electron chi connectivity index (χ1n) is 12.5. The van der Waals surface area contributed by atoms with E-state index in [0.717, 1.165) is 52.6 Å². The number of aromatic nitrogens is 2. The molecule has 200 valence electrons. The summed E-state index contributed by atoms with van der Waals surface area (Å²) < 4.78 is 12.3. The first kappa shape index (κ1) is 26.9. The van der Waals surface area contributed by atoms with E-state index >= 15 is 0 Å². The average Bonchev–Trinajstić information content (AvgIpc) is 3.49. The monoisotopic (exact) mass is 572 g/mol. The Morgan fingerprint density at radius 1 is 1.21 bits per heavy atom. The summed E-state index contributed by atoms with van der Waals surface area (Å²) in [7, 11) is 1.60. The van der Waals surface area contributed by atoms with E-state index in [1.165, 1.54) is 0 Å². The lowest BCUT2D eigenvalue weighted by Crippen LogP contribution is -2.59. The maximum atomic E-state index is 11.4. The number of nitrogens with zero attached hydrogens (tertiary/aromatic N) is 4. The maximum absolute atomic E-state index is 11.4. The molecule has 0 radical (unpaired) electrons. The Hall–Kier alpha value is -2.65. The molecule has 7 nitrogen and oxygen atoms in total. The number of anilines is 1. The number of carbonyl (C=O) groups excluding carboxylic acids is 1. The molecule has 0 atom stereocenters. The van der Waals surface area contributed by atoms with Gasteiger partial charge in [-0.2, -0.15) is 0 Å². The molecule has 10 heteroatoms. The van der Waals surface area contributed by atoms with Gasteiger partial charge in [0.15, 0.2) is 5.13 Å². The van der Waals surface area contributed by atoms with Crippen molar-refractivity contribution in [3.63, 3.8) is 0 Å². The van der Waals surface area contributed by atoms with Gasteiger partial charge in [0.25, 0.3) is 0 Å². The molecule has 0 N–H and O–H groups in total. The van der Waals surface area contributed by atoms with Crippen molar-refractivity contribution in [2.24, 2.45) is 0 Å². The number of rotatable bonds is 7. The number of aldehydes is 1. The van der Waals surface area contributed by atoms with E-state index < -0.39 is 0 Å². The third kappa shape index (κ3) is 4.91. The quantitative estimate of drug-likeness (QED) is 0.215. The first-order valence-corrected chi connectivity index (χ1v) is 14.1. The highest BCUT2D eigenvalue weighted by molar-refractivity contribution is 7.22. The standard InChI is InChI=1S/C28H30Cl2N4O3S/c1-16(2)26-18(24(32-37-26)23-19(29)7-6-8-20(23)30)13-34-10-9-33(15-28(34,3)4)27-31-25-21(36-5)11-17(14-35)12-22(25)38-27/h6-8,11-12,14,16H,9-10,13,15H2,1-5H3. The Kier molecular flexibility index (Phi) is 7.44. The van der Waals surface area contributed by atoms with Gasteiger partial charge in [-0.25, -0.2) is 4.98 Å². The second-order valence-corrected chi connectivity index (χ2v) is 12.3. The zero-order valence-electron chi connectivity index (χ0n) is 22.0. The summed E-state index contributed by atoms with van der Waals surface area (Å²) in [6.07, 6.45) is 0.837. The van der Waals surface area contributed by atoms with Gasteiger partial charge in [-0.05, 0) is 38.1 Å². The number of ether oxygens (including phenoxy) is 1. The van der Waals surface area contributed by atoms with E-state index in [4.69, 9.17) is 37.4 Å². The van der Waals surface area contributed by atoms with Gasteiger partial charge in [0.05, 0.1) is 21.9 Å². The van der Waals surface area contributed by atoms with Crippen LogP contribution in [0.1, 0.15) is 55.3 Å². The van der Waals surface area contributed by atoms with Gasteiger partial charge in [0.2, 0.25) is 0 Å². The number of piperazine rings is 1. The minimum Gasteiger partial charge on any atom is -0.494 e. The minimum atomic E-state index is -0.179. The fourth-order valence-electron chi connectivity index (χ4n) is 5.05. The first-order chi connectivity index (χ1) is 18.1. The topological polar surface area (TPSA) is 71.7 Å². The van der Waals surface area contributed by atoms with Crippen molar-refractivity contribution in [1.29, 1.82) is 0 Å². The Morgan fingerprint density at radius 3 is 2.58 bits per heavy atom. The Balaban J connectivity index is 1.44. The molecule has 5 rings (SSSR count). The summed E-state index contributed by atoms with van der Waals surface area (Å²) in [5.41, 5.74) is 3.61. The summed E-state index contributed by atoms with van der Waals surface area (Å²) in [6, 6.07) is 9.08. The molecular weight excluding hydrogens is 543 g/mol. The minimum absolute atomic E-state index is 0.158. The van der Waals surface area contributed by atoms with Crippen molar-refractivity contribution in [1.82, 2.24) is 15.0 Å². The Labute approximate surface area is 236 Å². The number of hydrogen-bond acceptors (Lipinski definition) is 8. The molecule has 38 heavy (non-hydrogen) atoms. The lowest BCUT2D eigenvalue weighted by molar-refractivity contribution is 0.0956. The zero-order valence-corrected chi connectivity index (χ0v) is 24.4. The summed E-state index contributed by atoms with van der Waals surface area (Å²) >= 11 is 14.7. The average molecular weight is 574 g/mol. The van der Waals surface area contributed by atoms with Gasteiger partial charge in [-0.1, -0.05) is 59.6 Å². The predicted molar refractivity (Wildman–Crippen MR) is 154 cm³/mol. The highest BCUT2D eigenvalue weighted by Gasteiger charge is 2.37. The molecule has 0 aliphatic carbocycles. The second kappa shape index (κ2) is 10.5. The van der Waals surface area contributed by atoms with E-state index in [1.807, 2.05) is 24.3 Å². The van der Waals surface area contributed by atoms with Crippen molar-refractivity contribution in [3.05, 3.63) is 57.3 Å². The van der Waals surface area contributed by atoms with Crippen LogP contribution in [0.3, 0.4) is 0 Å². The Bertz CT molecular complexity index is 1480. The van der Waals surface area contributed by atoms with E-state index in [0.29, 0.717) is 39.2 Å². The molecule has 1 aliphatic rings. The summed E-state index contributed by atoms with van der Waals surface area (Å²) in [5.74, 6) is 1.62. The van der Waals surface area contributed by atoms with Crippen LogP contribution in [0, 0.1) is 0 Å². The molecule has 0 bridgehead atoms. The largest absolute Gasteiger partial charge is 0.494 e. The number of methoxy groups -OCH3 is 1. The molecule has 0 amide bonds. The number of benzene rings is 2. The molecule has 0 unspecified atom stereocenters. The smallest absolute Gasteiger partial charge is 0.186 e. The maximum Gasteiger partial charge on any atom is 0.186 e. The molecule has 1 aliphatic heterocycles. The molecule has 1 saturated heterocycles. The molecule has 2 aromatic carbocycles. The Morgan fingerprint density at radius 2 is 1.95 bits per heavy atom. The fraction of sp³-hybridized carbons (Fsp3) is 0.393. The van der Waals surface area contributed by atoms with Crippen LogP contribution in [0.25, 0.3) is 21.5 Å². The van der Waals surface area contributed by atoms with Crippen molar-refractivity contribution < 1.29 is 14.1 Å². The predicted octanol–water partition coefficient (Wildman–Crippen LogP) is 7.30. The van der Waals surface area contributed by atoms with Crippen molar-refractivity contribution >= 4 is 56.2 Å². The molecule has 3 heterocycles. The lowest BCUT2D eigenvalue weighted by atomic mass is 9.95. The third-order valence-corrected chi connectivity index (χ3v) is 8.76. The molecular formula is C28H30Cl2N4O3S. The number of thiazole rings is 1. The van der Waals surface area contributed by atoms with Gasteiger partial charge < -0.3 is 14.2 Å². The van der Waals surface area contributed by atoms with Gasteiger partial charge in [-0.3, -0.25) is 9.69 Å².